The normalized spacial score (nSPS) is 27.6. The van der Waals surface area contributed by atoms with Crippen LogP contribution in [0.5, 0.6) is 0 Å². The molecule has 1 aromatic rings. The predicted octanol–water partition coefficient (Wildman–Crippen LogP) is 3.90. The van der Waals surface area contributed by atoms with E-state index in [-0.39, 0.29) is 17.2 Å². The Morgan fingerprint density at radius 1 is 1.25 bits per heavy atom. The minimum absolute atomic E-state index is 0.0122. The van der Waals surface area contributed by atoms with Gasteiger partial charge < -0.3 is 10.0 Å². The second-order valence-corrected chi connectivity index (χ2v) is 8.39. The summed E-state index contributed by atoms with van der Waals surface area (Å²) >= 11 is 0. The fraction of sp³-hybridized carbons (Fsp3) is 0.667. The van der Waals surface area contributed by atoms with Crippen LogP contribution in [0, 0.1) is 5.92 Å². The largest absolute Gasteiger partial charge is 0.389 e. The molecule has 1 heterocycles. The summed E-state index contributed by atoms with van der Waals surface area (Å²) in [5, 5.41) is 10.8. The van der Waals surface area contributed by atoms with Crippen molar-refractivity contribution in [3.05, 3.63) is 35.9 Å². The van der Waals surface area contributed by atoms with Crippen molar-refractivity contribution >= 4 is 5.91 Å². The van der Waals surface area contributed by atoms with Crippen molar-refractivity contribution < 1.29 is 9.90 Å². The van der Waals surface area contributed by atoms with E-state index >= 15 is 0 Å². The SMILES string of the molecule is CC(C)(CCC(=O)N1CCC2(O)CCCCC2C1)c1ccccc1. The topological polar surface area (TPSA) is 40.5 Å². The first-order valence-corrected chi connectivity index (χ1v) is 9.46. The molecular weight excluding hydrogens is 298 g/mol. The number of benzene rings is 1. The molecule has 0 bridgehead atoms. The molecule has 2 unspecified atom stereocenters. The van der Waals surface area contributed by atoms with Crippen molar-refractivity contribution in [2.75, 3.05) is 13.1 Å². The van der Waals surface area contributed by atoms with E-state index in [9.17, 15) is 9.90 Å². The Labute approximate surface area is 146 Å². The van der Waals surface area contributed by atoms with Gasteiger partial charge in [-0.05, 0) is 36.7 Å². The Bertz CT molecular complexity index is 568. The molecule has 2 atom stereocenters. The maximum absolute atomic E-state index is 12.7. The van der Waals surface area contributed by atoms with Crippen LogP contribution in [0.2, 0.25) is 0 Å². The molecule has 0 spiro atoms. The summed E-state index contributed by atoms with van der Waals surface area (Å²) in [6.07, 6.45) is 6.51. The van der Waals surface area contributed by atoms with E-state index in [1.165, 1.54) is 12.0 Å². The van der Waals surface area contributed by atoms with Gasteiger partial charge in [-0.3, -0.25) is 4.79 Å². The molecular formula is C21H31NO2. The number of rotatable bonds is 4. The maximum atomic E-state index is 12.7. The van der Waals surface area contributed by atoms with Gasteiger partial charge >= 0.3 is 0 Å². The molecule has 24 heavy (non-hydrogen) atoms. The average Bonchev–Trinajstić information content (AvgIpc) is 2.59. The molecule has 1 saturated heterocycles. The third-order valence-corrected chi connectivity index (χ3v) is 6.30. The molecule has 132 valence electrons. The van der Waals surface area contributed by atoms with Crippen LogP contribution >= 0.6 is 0 Å². The maximum Gasteiger partial charge on any atom is 0.222 e. The number of nitrogens with zero attached hydrogens (tertiary/aromatic N) is 1. The molecule has 3 nitrogen and oxygen atoms in total. The highest BCUT2D eigenvalue weighted by atomic mass is 16.3. The lowest BCUT2D eigenvalue weighted by molar-refractivity contribution is -0.143. The van der Waals surface area contributed by atoms with Crippen LogP contribution < -0.4 is 0 Å². The van der Waals surface area contributed by atoms with E-state index in [0.717, 1.165) is 45.2 Å². The average molecular weight is 329 g/mol. The van der Waals surface area contributed by atoms with E-state index in [4.69, 9.17) is 0 Å². The van der Waals surface area contributed by atoms with Crippen molar-refractivity contribution in [1.29, 1.82) is 0 Å². The van der Waals surface area contributed by atoms with Crippen molar-refractivity contribution in [3.8, 4) is 0 Å². The van der Waals surface area contributed by atoms with Crippen LogP contribution in [0.25, 0.3) is 0 Å². The molecule has 2 aliphatic rings. The lowest BCUT2D eigenvalue weighted by atomic mass is 9.71. The molecule has 1 amide bonds. The lowest BCUT2D eigenvalue weighted by Crippen LogP contribution is -2.54. The van der Waals surface area contributed by atoms with Gasteiger partial charge in [0.15, 0.2) is 0 Å². The van der Waals surface area contributed by atoms with Crippen LogP contribution in [0.3, 0.4) is 0 Å². The van der Waals surface area contributed by atoms with E-state index in [1.54, 1.807) is 0 Å². The summed E-state index contributed by atoms with van der Waals surface area (Å²) in [4.78, 5) is 14.7. The van der Waals surface area contributed by atoms with E-state index in [2.05, 4.69) is 38.1 Å². The van der Waals surface area contributed by atoms with Crippen LogP contribution in [0.4, 0.5) is 0 Å². The van der Waals surface area contributed by atoms with Gasteiger partial charge in [-0.1, -0.05) is 57.0 Å². The van der Waals surface area contributed by atoms with Gasteiger partial charge in [0.2, 0.25) is 5.91 Å². The number of carbonyl (C=O) groups excluding carboxylic acids is 1. The molecule has 1 aliphatic carbocycles. The van der Waals surface area contributed by atoms with Crippen LogP contribution in [-0.2, 0) is 10.2 Å². The fourth-order valence-corrected chi connectivity index (χ4v) is 4.41. The van der Waals surface area contributed by atoms with Crippen molar-refractivity contribution in [3.63, 3.8) is 0 Å². The van der Waals surface area contributed by atoms with Gasteiger partial charge in [0, 0.05) is 25.4 Å². The first-order valence-electron chi connectivity index (χ1n) is 9.46. The number of carbonyl (C=O) groups is 1. The molecule has 1 saturated carbocycles. The number of piperidine rings is 1. The minimum Gasteiger partial charge on any atom is -0.389 e. The number of fused-ring (bicyclic) bond motifs is 1. The summed E-state index contributed by atoms with van der Waals surface area (Å²) in [6, 6.07) is 10.5. The highest BCUT2D eigenvalue weighted by Gasteiger charge is 2.43. The molecule has 0 radical (unpaired) electrons. The summed E-state index contributed by atoms with van der Waals surface area (Å²) < 4.78 is 0. The van der Waals surface area contributed by atoms with Gasteiger partial charge in [0.05, 0.1) is 5.60 Å². The Morgan fingerprint density at radius 3 is 2.75 bits per heavy atom. The van der Waals surface area contributed by atoms with Crippen molar-refractivity contribution in [1.82, 2.24) is 4.90 Å². The zero-order valence-electron chi connectivity index (χ0n) is 15.1. The number of amides is 1. The molecule has 3 rings (SSSR count). The Morgan fingerprint density at radius 2 is 2.00 bits per heavy atom. The van der Waals surface area contributed by atoms with Crippen LogP contribution in [0.15, 0.2) is 30.3 Å². The predicted molar refractivity (Wildman–Crippen MR) is 96.8 cm³/mol. The second-order valence-electron chi connectivity index (χ2n) is 8.39. The Kier molecular flexibility index (Phi) is 5.00. The first kappa shape index (κ1) is 17.5. The van der Waals surface area contributed by atoms with Crippen molar-refractivity contribution in [2.45, 2.75) is 69.8 Å². The van der Waals surface area contributed by atoms with Crippen LogP contribution in [-0.4, -0.2) is 34.6 Å². The van der Waals surface area contributed by atoms with Gasteiger partial charge in [0.1, 0.15) is 0 Å². The quantitative estimate of drug-likeness (QED) is 0.910. The summed E-state index contributed by atoms with van der Waals surface area (Å²) in [5.41, 5.74) is 0.800. The Balaban J connectivity index is 1.56. The zero-order chi connectivity index (χ0) is 17.2. The molecule has 1 N–H and O–H groups in total. The number of aliphatic hydroxyl groups is 1. The Hall–Kier alpha value is -1.35. The van der Waals surface area contributed by atoms with Gasteiger partial charge in [-0.15, -0.1) is 0 Å². The smallest absolute Gasteiger partial charge is 0.222 e. The first-order chi connectivity index (χ1) is 11.4. The zero-order valence-corrected chi connectivity index (χ0v) is 15.1. The molecule has 2 fully saturated rings. The van der Waals surface area contributed by atoms with E-state index in [1.807, 2.05) is 11.0 Å². The summed E-state index contributed by atoms with van der Waals surface area (Å²) in [5.74, 6) is 0.540. The number of likely N-dealkylation sites (tertiary alicyclic amines) is 1. The van der Waals surface area contributed by atoms with Crippen LogP contribution in [0.1, 0.15) is 64.4 Å². The van der Waals surface area contributed by atoms with Gasteiger partial charge in [-0.2, -0.15) is 0 Å². The highest BCUT2D eigenvalue weighted by Crippen LogP contribution is 2.40. The molecule has 1 aromatic carbocycles. The van der Waals surface area contributed by atoms with E-state index < -0.39 is 5.60 Å². The van der Waals surface area contributed by atoms with Gasteiger partial charge in [0.25, 0.3) is 0 Å². The third kappa shape index (κ3) is 3.66. The number of hydrogen-bond donors (Lipinski definition) is 1. The molecule has 3 heteroatoms. The second kappa shape index (κ2) is 6.87. The highest BCUT2D eigenvalue weighted by molar-refractivity contribution is 5.76. The summed E-state index contributed by atoms with van der Waals surface area (Å²) in [7, 11) is 0. The van der Waals surface area contributed by atoms with E-state index in [0.29, 0.717) is 6.42 Å². The fourth-order valence-electron chi connectivity index (χ4n) is 4.41. The lowest BCUT2D eigenvalue weighted by Gasteiger charge is -2.47. The summed E-state index contributed by atoms with van der Waals surface area (Å²) in [6.45, 7) is 5.90. The minimum atomic E-state index is -0.502. The molecule has 0 aromatic heterocycles. The van der Waals surface area contributed by atoms with Gasteiger partial charge in [-0.25, -0.2) is 0 Å². The number of hydrogen-bond acceptors (Lipinski definition) is 2. The third-order valence-electron chi connectivity index (χ3n) is 6.30. The monoisotopic (exact) mass is 329 g/mol. The standard InChI is InChI=1S/C21H31NO2/c1-20(2,17-8-4-3-5-9-17)13-11-19(23)22-15-14-21(24)12-7-6-10-18(21)16-22/h3-5,8-9,18,24H,6-7,10-16H2,1-2H3. The molecule has 1 aliphatic heterocycles. The van der Waals surface area contributed by atoms with Crippen molar-refractivity contribution in [2.24, 2.45) is 5.92 Å².